The van der Waals surface area contributed by atoms with E-state index in [0.717, 1.165) is 27.2 Å². The number of likely N-dealkylation sites (tertiary alicyclic amines) is 1. The molecule has 0 spiro atoms. The molecule has 4 rings (SSSR count). The summed E-state index contributed by atoms with van der Waals surface area (Å²) in [6.45, 7) is 14.3. The van der Waals surface area contributed by atoms with Crippen molar-refractivity contribution in [3.05, 3.63) is 88.6 Å². The number of alkyl halides is 5. The fourth-order valence-corrected chi connectivity index (χ4v) is 7.45. The molecule has 0 bridgehead atoms. The number of nitrogens with one attached hydrogen (secondary N) is 3. The molecule has 1 saturated heterocycles. The fraction of sp³-hybridized carbons (Fsp3) is 0.487. The van der Waals surface area contributed by atoms with Crippen molar-refractivity contribution in [3.8, 4) is 0 Å². The Morgan fingerprint density at radius 3 is 2.38 bits per heavy atom. The number of likely N-dealkylation sites (N-methyl/N-ethyl adjacent to an activating group) is 1. The number of unbranched alkanes of at least 4 members (excludes halogenated alkanes) is 2. The summed E-state index contributed by atoms with van der Waals surface area (Å²) in [4.78, 5) is 76.8. The Morgan fingerprint density at radius 1 is 1.10 bits per heavy atom. The van der Waals surface area contributed by atoms with Gasteiger partial charge in [-0.1, -0.05) is 48.5 Å². The van der Waals surface area contributed by atoms with Crippen LogP contribution in [-0.2, 0) is 19.2 Å². The van der Waals surface area contributed by atoms with Crippen molar-refractivity contribution < 1.29 is 41.1 Å². The summed E-state index contributed by atoms with van der Waals surface area (Å²) in [5.41, 5.74) is -3.70. The quantitative estimate of drug-likeness (QED) is 0.0619. The van der Waals surface area contributed by atoms with Crippen LogP contribution < -0.4 is 16.2 Å². The molecule has 2 aliphatic rings. The largest absolute Gasteiger partial charge is 0.403 e. The van der Waals surface area contributed by atoms with Gasteiger partial charge in [0.25, 0.3) is 11.5 Å². The van der Waals surface area contributed by atoms with Gasteiger partial charge in [-0.2, -0.15) is 13.2 Å². The topological polar surface area (TPSA) is 150 Å². The second kappa shape index (κ2) is 18.9. The number of H-pyrrole nitrogens is 1. The summed E-state index contributed by atoms with van der Waals surface area (Å²) in [6, 6.07) is -2.00. The van der Waals surface area contributed by atoms with Crippen LogP contribution >= 0.6 is 23.2 Å². The number of hydrogen-bond acceptors (Lipinski definition) is 6. The SMILES string of the molecule is C=CCCCCNC(=O)[C@H](C/C(=C/C(=C)Cl)C(=C)Cl)N(C)C(=O)CNC(=O)C(CC=C)n1ccc2[nH]c(C3CCCN3C(=O)C3(C(F)(F)F)CC(F)(F)C3)nc2c1=O. The van der Waals surface area contributed by atoms with Crippen LogP contribution in [0.1, 0.15) is 75.7 Å². The lowest BCUT2D eigenvalue weighted by Gasteiger charge is -2.48. The zero-order chi connectivity index (χ0) is 43.2. The molecule has 1 aliphatic carbocycles. The van der Waals surface area contributed by atoms with Crippen molar-refractivity contribution in [1.82, 2.24) is 35.0 Å². The number of allylic oxidation sites excluding steroid dienone is 5. The summed E-state index contributed by atoms with van der Waals surface area (Å²) in [5.74, 6) is -7.05. The monoisotopic (exact) mass is 857 g/mol. The minimum absolute atomic E-state index is 0.0149. The summed E-state index contributed by atoms with van der Waals surface area (Å²) in [7, 11) is 1.37. The Labute approximate surface area is 341 Å². The molecule has 1 aliphatic heterocycles. The molecule has 0 radical (unpaired) electrons. The maximum atomic E-state index is 14.0. The van der Waals surface area contributed by atoms with E-state index < -0.39 is 84.2 Å². The highest BCUT2D eigenvalue weighted by molar-refractivity contribution is 6.33. The van der Waals surface area contributed by atoms with Gasteiger partial charge in [-0.15, -0.1) is 13.2 Å². The number of carbonyl (C=O) groups is 4. The van der Waals surface area contributed by atoms with Crippen molar-refractivity contribution in [1.29, 1.82) is 0 Å². The second-order valence-electron chi connectivity index (χ2n) is 14.4. The van der Waals surface area contributed by atoms with E-state index in [9.17, 15) is 45.9 Å². The second-order valence-corrected chi connectivity index (χ2v) is 15.4. The van der Waals surface area contributed by atoms with E-state index in [1.807, 2.05) is 0 Å². The first-order valence-electron chi connectivity index (χ1n) is 18.5. The van der Waals surface area contributed by atoms with Crippen molar-refractivity contribution >= 4 is 57.9 Å². The van der Waals surface area contributed by atoms with Crippen LogP contribution in [-0.4, -0.2) is 92.8 Å². The molecule has 3 N–H and O–H groups in total. The lowest BCUT2D eigenvalue weighted by Crippen LogP contribution is -2.63. The highest BCUT2D eigenvalue weighted by Crippen LogP contribution is 2.61. The molecule has 58 heavy (non-hydrogen) atoms. The molecule has 4 amide bonds. The van der Waals surface area contributed by atoms with E-state index in [0.29, 0.717) is 18.5 Å². The van der Waals surface area contributed by atoms with Gasteiger partial charge in [0, 0.05) is 55.7 Å². The summed E-state index contributed by atoms with van der Waals surface area (Å²) in [6.07, 6.45) is -0.210. The van der Waals surface area contributed by atoms with Crippen LogP contribution in [0.15, 0.2) is 77.2 Å². The highest BCUT2D eigenvalue weighted by Gasteiger charge is 2.74. The van der Waals surface area contributed by atoms with Gasteiger partial charge in [0.2, 0.25) is 23.6 Å². The Morgan fingerprint density at radius 2 is 1.79 bits per heavy atom. The van der Waals surface area contributed by atoms with Gasteiger partial charge in [0.15, 0.2) is 10.9 Å². The number of carbonyl (C=O) groups excluding carboxylic acids is 4. The standard InChI is InChI=1S/C39H46Cl2F5N7O5/c1-6-8-9-10-15-47-34(56)29(19-25(24(4)41)18-23(3)40)51(5)30(54)20-48-33(55)28(12-7-2)52-17-14-26-31(35(52)57)50-32(49-26)27-13-11-16-53(27)36(58)37(39(44,45)46)21-38(42,43)22-37/h6-7,14,17-18,27-29H,1-4,8-13,15-16,19-22H2,5H3,(H,47,56)(H,48,55)(H,49,50)/b25-18-/t27?,28?,29-/m0/s1. The molecular weight excluding hydrogens is 812 g/mol. The Balaban J connectivity index is 1.53. The average Bonchev–Trinajstić information content (AvgIpc) is 3.80. The molecule has 3 heterocycles. The van der Waals surface area contributed by atoms with Crippen LogP contribution in [0.2, 0.25) is 0 Å². The van der Waals surface area contributed by atoms with E-state index in [-0.39, 0.29) is 59.2 Å². The van der Waals surface area contributed by atoms with Crippen molar-refractivity contribution in [3.63, 3.8) is 0 Å². The lowest BCUT2D eigenvalue weighted by atomic mass is 9.64. The smallest absolute Gasteiger partial charge is 0.354 e. The minimum Gasteiger partial charge on any atom is -0.354 e. The molecule has 2 aromatic heterocycles. The number of pyridine rings is 1. The van der Waals surface area contributed by atoms with Crippen molar-refractivity contribution in [2.75, 3.05) is 26.7 Å². The summed E-state index contributed by atoms with van der Waals surface area (Å²) < 4.78 is 70.7. The fourth-order valence-electron chi connectivity index (χ4n) is 7.19. The number of nitrogens with zero attached hydrogens (tertiary/aromatic N) is 4. The Kier molecular flexibility index (Phi) is 14.9. The van der Waals surface area contributed by atoms with Crippen molar-refractivity contribution in [2.45, 2.75) is 88.0 Å². The summed E-state index contributed by atoms with van der Waals surface area (Å²) in [5, 5.41) is 5.50. The zero-order valence-electron chi connectivity index (χ0n) is 31.9. The molecule has 12 nitrogen and oxygen atoms in total. The van der Waals surface area contributed by atoms with E-state index in [4.69, 9.17) is 23.2 Å². The third kappa shape index (κ3) is 10.3. The molecule has 316 valence electrons. The number of rotatable bonds is 19. The maximum Gasteiger partial charge on any atom is 0.403 e. The number of hydrogen-bond donors (Lipinski definition) is 3. The molecule has 2 unspecified atom stereocenters. The van der Waals surface area contributed by atoms with Gasteiger partial charge in [0.1, 0.15) is 17.9 Å². The van der Waals surface area contributed by atoms with E-state index in [1.54, 1.807) is 6.08 Å². The molecule has 2 fully saturated rings. The Hall–Kier alpha value is -4.77. The normalized spacial score (nSPS) is 18.4. The van der Waals surface area contributed by atoms with Gasteiger partial charge in [-0.3, -0.25) is 24.0 Å². The van der Waals surface area contributed by atoms with E-state index in [1.165, 1.54) is 31.5 Å². The molecule has 0 aromatic carbocycles. The highest BCUT2D eigenvalue weighted by atomic mass is 35.5. The number of imidazole rings is 1. The molecular formula is C39H46Cl2F5N7O5. The number of halogens is 7. The van der Waals surface area contributed by atoms with Crippen LogP contribution in [0.25, 0.3) is 11.0 Å². The number of aromatic nitrogens is 3. The first kappa shape index (κ1) is 45.9. The molecule has 2 aromatic rings. The third-order valence-electron chi connectivity index (χ3n) is 10.3. The van der Waals surface area contributed by atoms with Crippen molar-refractivity contribution in [2.24, 2.45) is 5.41 Å². The van der Waals surface area contributed by atoms with Crippen LogP contribution in [0.3, 0.4) is 0 Å². The summed E-state index contributed by atoms with van der Waals surface area (Å²) >= 11 is 12.1. The van der Waals surface area contributed by atoms with Gasteiger partial charge in [-0.25, -0.2) is 13.8 Å². The number of amides is 4. The lowest BCUT2D eigenvalue weighted by molar-refractivity contribution is -0.299. The molecule has 19 heteroatoms. The number of aromatic amines is 1. The van der Waals surface area contributed by atoms with E-state index >= 15 is 0 Å². The third-order valence-corrected chi connectivity index (χ3v) is 10.7. The predicted octanol–water partition coefficient (Wildman–Crippen LogP) is 6.72. The van der Waals surface area contributed by atoms with Gasteiger partial charge >= 0.3 is 6.18 Å². The van der Waals surface area contributed by atoms with Crippen LogP contribution in [0.5, 0.6) is 0 Å². The van der Waals surface area contributed by atoms with Gasteiger partial charge < -0.3 is 30.0 Å². The average molecular weight is 859 g/mol. The van der Waals surface area contributed by atoms with Gasteiger partial charge in [0.05, 0.1) is 18.1 Å². The first-order chi connectivity index (χ1) is 27.2. The van der Waals surface area contributed by atoms with Crippen LogP contribution in [0, 0.1) is 5.41 Å². The Bertz CT molecular complexity index is 2040. The zero-order valence-corrected chi connectivity index (χ0v) is 33.4. The number of fused-ring (bicyclic) bond motifs is 1. The molecule has 1 saturated carbocycles. The minimum atomic E-state index is -5.20. The van der Waals surface area contributed by atoms with Crippen LogP contribution in [0.4, 0.5) is 22.0 Å². The molecule has 3 atom stereocenters. The van der Waals surface area contributed by atoms with Gasteiger partial charge in [-0.05, 0) is 56.2 Å². The predicted molar refractivity (Wildman–Crippen MR) is 210 cm³/mol. The first-order valence-corrected chi connectivity index (χ1v) is 19.2. The van der Waals surface area contributed by atoms with E-state index in [2.05, 4.69) is 46.9 Å². The maximum absolute atomic E-state index is 14.0.